The van der Waals surface area contributed by atoms with Crippen LogP contribution in [0.3, 0.4) is 0 Å². The van der Waals surface area contributed by atoms with E-state index >= 15 is 0 Å². The zero-order valence-electron chi connectivity index (χ0n) is 12.2. The molecule has 1 aromatic carbocycles. The standard InChI is InChI=1S/C15H17NO5/c1-9(16-21-10(2)17)12-8-11(4-5-13(12)18)15(6-7-15)14(19)20-3/h4-5,8,18H,6-7H2,1-3H3. The Labute approximate surface area is 122 Å². The fourth-order valence-electron chi connectivity index (χ4n) is 2.24. The minimum absolute atomic E-state index is 0.00724. The second kappa shape index (κ2) is 5.55. The second-order valence-electron chi connectivity index (χ2n) is 5.07. The lowest BCUT2D eigenvalue weighted by atomic mass is 9.93. The van der Waals surface area contributed by atoms with Crippen LogP contribution in [0.25, 0.3) is 0 Å². The fraction of sp³-hybridized carbons (Fsp3) is 0.400. The summed E-state index contributed by atoms with van der Waals surface area (Å²) in [4.78, 5) is 27.2. The lowest BCUT2D eigenvalue weighted by Gasteiger charge is -2.15. The molecule has 112 valence electrons. The van der Waals surface area contributed by atoms with Gasteiger partial charge in [-0.2, -0.15) is 0 Å². The first-order chi connectivity index (χ1) is 9.90. The Morgan fingerprint density at radius 3 is 2.48 bits per heavy atom. The highest BCUT2D eigenvalue weighted by Crippen LogP contribution is 2.49. The van der Waals surface area contributed by atoms with E-state index in [9.17, 15) is 14.7 Å². The Morgan fingerprint density at radius 1 is 1.29 bits per heavy atom. The van der Waals surface area contributed by atoms with Crippen molar-refractivity contribution in [3.8, 4) is 5.75 Å². The van der Waals surface area contributed by atoms with Crippen molar-refractivity contribution in [2.75, 3.05) is 7.11 Å². The second-order valence-corrected chi connectivity index (χ2v) is 5.07. The van der Waals surface area contributed by atoms with E-state index in [-0.39, 0.29) is 11.7 Å². The van der Waals surface area contributed by atoms with Crippen molar-refractivity contribution in [1.29, 1.82) is 0 Å². The highest BCUT2D eigenvalue weighted by molar-refractivity contribution is 6.01. The Balaban J connectivity index is 2.36. The molecule has 1 aromatic rings. The number of benzene rings is 1. The van der Waals surface area contributed by atoms with Crippen LogP contribution in [0, 0.1) is 0 Å². The van der Waals surface area contributed by atoms with Gasteiger partial charge < -0.3 is 14.7 Å². The number of rotatable bonds is 4. The normalized spacial score (nSPS) is 16.2. The van der Waals surface area contributed by atoms with Gasteiger partial charge in [0.1, 0.15) is 5.75 Å². The molecule has 0 bridgehead atoms. The van der Waals surface area contributed by atoms with E-state index in [2.05, 4.69) is 9.99 Å². The number of carbonyl (C=O) groups excluding carboxylic acids is 2. The first-order valence-electron chi connectivity index (χ1n) is 6.55. The van der Waals surface area contributed by atoms with Gasteiger partial charge in [0, 0.05) is 12.5 Å². The van der Waals surface area contributed by atoms with Gasteiger partial charge in [-0.25, -0.2) is 4.79 Å². The quantitative estimate of drug-likeness (QED) is 0.396. The van der Waals surface area contributed by atoms with Gasteiger partial charge in [0.15, 0.2) is 0 Å². The number of nitrogens with zero attached hydrogens (tertiary/aromatic N) is 1. The third-order valence-corrected chi connectivity index (χ3v) is 3.58. The number of methoxy groups -OCH3 is 1. The van der Waals surface area contributed by atoms with Crippen LogP contribution >= 0.6 is 0 Å². The average molecular weight is 291 g/mol. The Kier molecular flexibility index (Phi) is 3.97. The first kappa shape index (κ1) is 15.0. The summed E-state index contributed by atoms with van der Waals surface area (Å²) in [6.07, 6.45) is 1.42. The minimum atomic E-state index is -0.626. The molecule has 0 aromatic heterocycles. The summed E-state index contributed by atoms with van der Waals surface area (Å²) >= 11 is 0. The molecule has 0 atom stereocenters. The third-order valence-electron chi connectivity index (χ3n) is 3.58. The molecule has 0 radical (unpaired) electrons. The van der Waals surface area contributed by atoms with Crippen molar-refractivity contribution >= 4 is 17.7 Å². The van der Waals surface area contributed by atoms with Crippen LogP contribution in [0.1, 0.15) is 37.8 Å². The van der Waals surface area contributed by atoms with Crippen molar-refractivity contribution in [2.45, 2.75) is 32.1 Å². The largest absolute Gasteiger partial charge is 0.507 e. The summed E-state index contributed by atoms with van der Waals surface area (Å²) in [5.74, 6) is -0.820. The van der Waals surface area contributed by atoms with Crippen LogP contribution in [0.4, 0.5) is 0 Å². The Hall–Kier alpha value is -2.37. The number of hydrogen-bond donors (Lipinski definition) is 1. The van der Waals surface area contributed by atoms with Crippen LogP contribution < -0.4 is 0 Å². The Bertz CT molecular complexity index is 616. The van der Waals surface area contributed by atoms with Crippen LogP contribution in [-0.4, -0.2) is 29.9 Å². The van der Waals surface area contributed by atoms with Gasteiger partial charge in [0.05, 0.1) is 18.2 Å². The summed E-state index contributed by atoms with van der Waals surface area (Å²) in [5.41, 5.74) is 0.910. The molecule has 1 N–H and O–H groups in total. The lowest BCUT2D eigenvalue weighted by Crippen LogP contribution is -2.22. The third kappa shape index (κ3) is 2.89. The highest BCUT2D eigenvalue weighted by Gasteiger charge is 2.52. The van der Waals surface area contributed by atoms with Gasteiger partial charge in [0.2, 0.25) is 0 Å². The number of phenols is 1. The first-order valence-corrected chi connectivity index (χ1v) is 6.55. The van der Waals surface area contributed by atoms with E-state index < -0.39 is 11.4 Å². The molecule has 6 heteroatoms. The molecular formula is C15H17NO5. The van der Waals surface area contributed by atoms with E-state index in [4.69, 9.17) is 4.74 Å². The molecule has 0 amide bonds. The summed E-state index contributed by atoms with van der Waals surface area (Å²) in [5, 5.41) is 13.6. The summed E-state index contributed by atoms with van der Waals surface area (Å²) in [6.45, 7) is 2.85. The molecule has 0 unspecified atom stereocenters. The van der Waals surface area contributed by atoms with Crippen molar-refractivity contribution in [2.24, 2.45) is 5.16 Å². The summed E-state index contributed by atoms with van der Waals surface area (Å²) in [7, 11) is 1.36. The monoisotopic (exact) mass is 291 g/mol. The zero-order chi connectivity index (χ0) is 15.6. The molecule has 1 aliphatic carbocycles. The SMILES string of the molecule is COC(=O)C1(c2ccc(O)c(C(C)=NOC(C)=O)c2)CC1. The van der Waals surface area contributed by atoms with Crippen LogP contribution in [0.5, 0.6) is 5.75 Å². The molecule has 2 rings (SSSR count). The molecule has 1 fully saturated rings. The number of oxime groups is 1. The van der Waals surface area contributed by atoms with Crippen molar-refractivity contribution in [3.05, 3.63) is 29.3 Å². The molecule has 1 aliphatic rings. The summed E-state index contributed by atoms with van der Waals surface area (Å²) < 4.78 is 4.84. The van der Waals surface area contributed by atoms with Crippen molar-refractivity contribution in [1.82, 2.24) is 0 Å². The van der Waals surface area contributed by atoms with Gasteiger partial charge in [-0.3, -0.25) is 4.79 Å². The molecule has 0 heterocycles. The molecule has 21 heavy (non-hydrogen) atoms. The zero-order valence-corrected chi connectivity index (χ0v) is 12.2. The molecule has 0 aliphatic heterocycles. The Morgan fingerprint density at radius 2 is 1.95 bits per heavy atom. The molecule has 1 saturated carbocycles. The van der Waals surface area contributed by atoms with Gasteiger partial charge in [-0.1, -0.05) is 11.2 Å². The molecule has 0 saturated heterocycles. The number of ether oxygens (including phenoxy) is 1. The van der Waals surface area contributed by atoms with Gasteiger partial charge in [0.25, 0.3) is 0 Å². The number of phenolic OH excluding ortho intramolecular Hbond substituents is 1. The van der Waals surface area contributed by atoms with E-state index in [0.717, 1.165) is 5.56 Å². The lowest BCUT2D eigenvalue weighted by molar-refractivity contribution is -0.143. The molecular weight excluding hydrogens is 274 g/mol. The maximum atomic E-state index is 11.9. The van der Waals surface area contributed by atoms with Gasteiger partial charge in [-0.05, 0) is 37.5 Å². The van der Waals surface area contributed by atoms with Crippen molar-refractivity contribution < 1.29 is 24.3 Å². The van der Waals surface area contributed by atoms with Gasteiger partial charge >= 0.3 is 11.9 Å². The fourth-order valence-corrected chi connectivity index (χ4v) is 2.24. The minimum Gasteiger partial charge on any atom is -0.507 e. The highest BCUT2D eigenvalue weighted by atomic mass is 16.7. The van der Waals surface area contributed by atoms with E-state index in [0.29, 0.717) is 24.1 Å². The maximum absolute atomic E-state index is 11.9. The average Bonchev–Trinajstić information content (AvgIpc) is 3.26. The van der Waals surface area contributed by atoms with Crippen LogP contribution in [0.15, 0.2) is 23.4 Å². The molecule has 6 nitrogen and oxygen atoms in total. The van der Waals surface area contributed by atoms with Crippen LogP contribution in [-0.2, 0) is 24.6 Å². The maximum Gasteiger partial charge on any atom is 0.331 e. The predicted octanol–water partition coefficient (Wildman–Crippen LogP) is 1.88. The predicted molar refractivity (Wildman–Crippen MR) is 75.0 cm³/mol. The smallest absolute Gasteiger partial charge is 0.331 e. The number of carbonyl (C=O) groups is 2. The van der Waals surface area contributed by atoms with E-state index in [1.165, 1.54) is 20.1 Å². The van der Waals surface area contributed by atoms with Gasteiger partial charge in [-0.15, -0.1) is 0 Å². The number of hydrogen-bond acceptors (Lipinski definition) is 6. The number of aromatic hydroxyl groups is 1. The van der Waals surface area contributed by atoms with E-state index in [1.54, 1.807) is 19.1 Å². The summed E-state index contributed by atoms with van der Waals surface area (Å²) in [6, 6.07) is 4.88. The topological polar surface area (TPSA) is 85.2 Å². The molecule has 0 spiro atoms. The van der Waals surface area contributed by atoms with E-state index in [1.807, 2.05) is 0 Å². The number of esters is 1. The van der Waals surface area contributed by atoms with Crippen molar-refractivity contribution in [3.63, 3.8) is 0 Å². The van der Waals surface area contributed by atoms with Crippen LogP contribution in [0.2, 0.25) is 0 Å².